The maximum absolute atomic E-state index is 14.1. The molecule has 1 heterocycles. The van der Waals surface area contributed by atoms with Gasteiger partial charge in [-0.15, -0.1) is 0 Å². The predicted octanol–water partition coefficient (Wildman–Crippen LogP) is 4.43. The number of halogens is 3. The van der Waals surface area contributed by atoms with E-state index in [0.717, 1.165) is 25.3 Å². The van der Waals surface area contributed by atoms with Crippen molar-refractivity contribution in [2.24, 2.45) is 11.1 Å². The molecule has 1 atom stereocenters. The molecule has 4 nitrogen and oxygen atoms in total. The van der Waals surface area contributed by atoms with Crippen molar-refractivity contribution < 1.29 is 22.8 Å². The topological polar surface area (TPSA) is 41.9 Å². The average molecular weight is 402 g/mol. The third-order valence-corrected chi connectivity index (χ3v) is 5.46. The van der Waals surface area contributed by atoms with Gasteiger partial charge < -0.3 is 9.74 Å². The van der Waals surface area contributed by atoms with E-state index in [1.807, 2.05) is 0 Å². The van der Waals surface area contributed by atoms with Crippen LogP contribution in [0, 0.1) is 23.4 Å². The number of benzene rings is 2. The minimum absolute atomic E-state index is 0.0383. The summed E-state index contributed by atoms with van der Waals surface area (Å²) in [6.07, 6.45) is 2.65. The summed E-state index contributed by atoms with van der Waals surface area (Å²) in [5, 5.41) is 4.04. The summed E-state index contributed by atoms with van der Waals surface area (Å²) in [6.45, 7) is 0.269. The van der Waals surface area contributed by atoms with Crippen molar-refractivity contribution in [1.82, 2.24) is 4.90 Å². The molecule has 1 amide bonds. The maximum atomic E-state index is 14.1. The number of rotatable bonds is 6. The minimum atomic E-state index is -0.680. The Bertz CT molecular complexity index is 943. The van der Waals surface area contributed by atoms with Crippen molar-refractivity contribution in [2.45, 2.75) is 38.3 Å². The fourth-order valence-corrected chi connectivity index (χ4v) is 3.61. The van der Waals surface area contributed by atoms with E-state index in [1.165, 1.54) is 24.3 Å². The van der Waals surface area contributed by atoms with Gasteiger partial charge in [0.15, 0.2) is 6.10 Å². The molecule has 0 unspecified atom stereocenters. The number of carbonyl (C=O) groups is 1. The Kier molecular flexibility index (Phi) is 5.56. The Morgan fingerprint density at radius 2 is 1.90 bits per heavy atom. The van der Waals surface area contributed by atoms with Crippen molar-refractivity contribution in [3.63, 3.8) is 0 Å². The van der Waals surface area contributed by atoms with Crippen LogP contribution >= 0.6 is 0 Å². The highest BCUT2D eigenvalue weighted by Crippen LogP contribution is 2.30. The van der Waals surface area contributed by atoms with Crippen molar-refractivity contribution in [1.29, 1.82) is 0 Å². The van der Waals surface area contributed by atoms with Crippen LogP contribution in [0.3, 0.4) is 0 Å². The van der Waals surface area contributed by atoms with Gasteiger partial charge in [0.2, 0.25) is 5.91 Å². The highest BCUT2D eigenvalue weighted by Gasteiger charge is 2.33. The summed E-state index contributed by atoms with van der Waals surface area (Å²) in [4.78, 5) is 19.9. The monoisotopic (exact) mass is 402 g/mol. The number of nitrogens with zero attached hydrogens (tertiary/aromatic N) is 2. The number of hydrogen-bond acceptors (Lipinski definition) is 3. The van der Waals surface area contributed by atoms with Crippen LogP contribution < -0.4 is 0 Å². The van der Waals surface area contributed by atoms with E-state index in [0.29, 0.717) is 17.7 Å². The van der Waals surface area contributed by atoms with Crippen LogP contribution in [0.4, 0.5) is 13.2 Å². The molecule has 1 aliphatic carbocycles. The number of carbonyl (C=O) groups excluding carboxylic acids is 1. The summed E-state index contributed by atoms with van der Waals surface area (Å²) < 4.78 is 40.8. The summed E-state index contributed by atoms with van der Waals surface area (Å²) in [6, 6.07) is 9.45. The summed E-state index contributed by atoms with van der Waals surface area (Å²) in [7, 11) is 0. The molecule has 0 bridgehead atoms. The molecule has 1 saturated carbocycles. The molecule has 1 aliphatic heterocycles. The van der Waals surface area contributed by atoms with E-state index in [2.05, 4.69) is 5.16 Å². The minimum Gasteiger partial charge on any atom is -0.390 e. The number of hydrogen-bond donors (Lipinski definition) is 0. The Labute approximate surface area is 167 Å². The van der Waals surface area contributed by atoms with E-state index in [9.17, 15) is 18.0 Å². The van der Waals surface area contributed by atoms with Crippen molar-refractivity contribution in [2.75, 3.05) is 6.54 Å². The molecule has 2 aromatic carbocycles. The SMILES string of the molecule is O=C(C1CCC1)N(Cc1ccc(F)cc1F)C[C@H]1CC(c2cccc(F)c2)=NO1. The van der Waals surface area contributed by atoms with Gasteiger partial charge in [-0.05, 0) is 31.0 Å². The van der Waals surface area contributed by atoms with Gasteiger partial charge in [0, 0.05) is 36.1 Å². The van der Waals surface area contributed by atoms with E-state index < -0.39 is 17.7 Å². The second kappa shape index (κ2) is 8.27. The smallest absolute Gasteiger partial charge is 0.226 e. The van der Waals surface area contributed by atoms with E-state index in [4.69, 9.17) is 4.84 Å². The van der Waals surface area contributed by atoms with Gasteiger partial charge in [-0.1, -0.05) is 29.8 Å². The molecule has 2 aliphatic rings. The lowest BCUT2D eigenvalue weighted by Gasteiger charge is -2.32. The Morgan fingerprint density at radius 1 is 1.10 bits per heavy atom. The molecule has 2 aromatic rings. The van der Waals surface area contributed by atoms with Gasteiger partial charge in [0.25, 0.3) is 0 Å². The van der Waals surface area contributed by atoms with Gasteiger partial charge >= 0.3 is 0 Å². The Morgan fingerprint density at radius 3 is 2.59 bits per heavy atom. The highest BCUT2D eigenvalue weighted by molar-refractivity contribution is 6.01. The van der Waals surface area contributed by atoms with Gasteiger partial charge in [0.1, 0.15) is 17.5 Å². The second-order valence-corrected chi connectivity index (χ2v) is 7.56. The van der Waals surface area contributed by atoms with E-state index in [-0.39, 0.29) is 36.3 Å². The maximum Gasteiger partial charge on any atom is 0.226 e. The normalized spacial score (nSPS) is 18.7. The zero-order valence-electron chi connectivity index (χ0n) is 15.8. The van der Waals surface area contributed by atoms with E-state index >= 15 is 0 Å². The van der Waals surface area contributed by atoms with Gasteiger partial charge in [0.05, 0.1) is 12.3 Å². The average Bonchev–Trinajstić information content (AvgIpc) is 3.10. The molecular formula is C22H21F3N2O2. The highest BCUT2D eigenvalue weighted by atomic mass is 19.1. The molecule has 7 heteroatoms. The largest absolute Gasteiger partial charge is 0.390 e. The zero-order chi connectivity index (χ0) is 20.4. The Hall–Kier alpha value is -2.83. The molecule has 1 fully saturated rings. The predicted molar refractivity (Wildman–Crippen MR) is 102 cm³/mol. The van der Waals surface area contributed by atoms with E-state index in [1.54, 1.807) is 17.0 Å². The van der Waals surface area contributed by atoms with Crippen LogP contribution in [0.5, 0.6) is 0 Å². The van der Waals surface area contributed by atoms with Crippen molar-refractivity contribution in [3.8, 4) is 0 Å². The lowest BCUT2D eigenvalue weighted by atomic mass is 9.84. The fourth-order valence-electron chi connectivity index (χ4n) is 3.61. The molecule has 0 spiro atoms. The first kappa shape index (κ1) is 19.5. The van der Waals surface area contributed by atoms with Gasteiger partial charge in [-0.2, -0.15) is 0 Å². The first-order chi connectivity index (χ1) is 14.0. The van der Waals surface area contributed by atoms with Gasteiger partial charge in [-0.3, -0.25) is 4.79 Å². The Balaban J connectivity index is 1.46. The van der Waals surface area contributed by atoms with Crippen LogP contribution in [0.1, 0.15) is 36.8 Å². The molecule has 29 heavy (non-hydrogen) atoms. The molecule has 0 aromatic heterocycles. The lowest BCUT2D eigenvalue weighted by Crippen LogP contribution is -2.42. The van der Waals surface area contributed by atoms with Crippen LogP contribution in [0.2, 0.25) is 0 Å². The third-order valence-electron chi connectivity index (χ3n) is 5.46. The molecule has 4 rings (SSSR count). The molecule has 0 N–H and O–H groups in total. The second-order valence-electron chi connectivity index (χ2n) is 7.56. The first-order valence-corrected chi connectivity index (χ1v) is 9.71. The molecule has 0 radical (unpaired) electrons. The standard InChI is InChI=1S/C22H21F3N2O2/c23-17-6-2-5-15(9-17)21-11-19(29-26-21)13-27(22(28)14-3-1-4-14)12-16-7-8-18(24)10-20(16)25/h2,5-10,14,19H,1,3-4,11-13H2/t19-/m1/s1. The summed E-state index contributed by atoms with van der Waals surface area (Å²) >= 11 is 0. The number of amides is 1. The van der Waals surface area contributed by atoms with Crippen LogP contribution in [-0.2, 0) is 16.2 Å². The fraction of sp³-hybridized carbons (Fsp3) is 0.364. The van der Waals surface area contributed by atoms with Crippen molar-refractivity contribution >= 4 is 11.6 Å². The molecule has 0 saturated heterocycles. The molecule has 152 valence electrons. The van der Waals surface area contributed by atoms with Crippen LogP contribution in [0.15, 0.2) is 47.6 Å². The van der Waals surface area contributed by atoms with Crippen LogP contribution in [-0.4, -0.2) is 29.2 Å². The van der Waals surface area contributed by atoms with Crippen LogP contribution in [0.25, 0.3) is 0 Å². The summed E-state index contributed by atoms with van der Waals surface area (Å²) in [5.41, 5.74) is 1.50. The number of oxime groups is 1. The van der Waals surface area contributed by atoms with Gasteiger partial charge in [-0.25, -0.2) is 13.2 Å². The zero-order valence-corrected chi connectivity index (χ0v) is 15.8. The third kappa shape index (κ3) is 4.44. The van der Waals surface area contributed by atoms with Crippen molar-refractivity contribution in [3.05, 3.63) is 71.0 Å². The molecular weight excluding hydrogens is 381 g/mol. The quantitative estimate of drug-likeness (QED) is 0.718. The lowest BCUT2D eigenvalue weighted by molar-refractivity contribution is -0.140. The first-order valence-electron chi connectivity index (χ1n) is 9.71. The summed E-state index contributed by atoms with van der Waals surface area (Å²) in [5.74, 6) is -1.82.